The molecule has 0 saturated carbocycles. The first-order chi connectivity index (χ1) is 52.9. The lowest BCUT2D eigenvalue weighted by Crippen LogP contribution is -2.15. The standard InChI is InChI=1S/C39H24O9.C30H30O9.C18H12O6/c40-31-16-25-28(19-34(31)46-37(43)22-10-4-1-5-11-22)26-17-32(41)36(48-39(45)24-14-8-3-9-15-24)21-30(26)27-18-33(42)35(20-29(25)27)47-38(44)23-12-6-2-7-13-23;1-13(2)28(34)37-25-10-19-16(7-22(25)31)20-11-26(38-29(35)14(3)4)24(33)9-18(20)21-12-27(23(32)8-17(19)21)39-30(36)15(5)6;19-13-1-7-8(2-14(13)20)10-4-17(23)18(24)6-12(10)11-5-16(22)15(21)3-9(7)11/h1-21,40-42H;7-15,31-33H,1-6H3;1-6,19-24H. The van der Waals surface area contributed by atoms with Crippen LogP contribution >= 0.6 is 0 Å². The summed E-state index contributed by atoms with van der Waals surface area (Å²) in [4.78, 5) is 75.5. The lowest BCUT2D eigenvalue weighted by Gasteiger charge is -2.17. The van der Waals surface area contributed by atoms with Crippen molar-refractivity contribution >= 4 is 133 Å². The van der Waals surface area contributed by atoms with Gasteiger partial charge in [-0.05, 0) is 243 Å². The van der Waals surface area contributed by atoms with Gasteiger partial charge in [-0.1, -0.05) is 96.1 Å². The molecule has 0 fully saturated rings. The van der Waals surface area contributed by atoms with Crippen molar-refractivity contribution in [1.82, 2.24) is 0 Å². The average Bonchev–Trinajstić information content (AvgIpc) is 0.738. The van der Waals surface area contributed by atoms with Crippen LogP contribution in [0.3, 0.4) is 0 Å². The van der Waals surface area contributed by atoms with Gasteiger partial charge in [0.05, 0.1) is 34.4 Å². The van der Waals surface area contributed by atoms with Crippen molar-refractivity contribution in [2.45, 2.75) is 41.5 Å². The summed E-state index contributed by atoms with van der Waals surface area (Å²) in [5, 5.41) is 133. The van der Waals surface area contributed by atoms with E-state index >= 15 is 0 Å². The SMILES string of the molecule is CC(C)C(=O)Oc1cc2c(cc1O)c1cc(OC(=O)C(C)C)c(O)cc1c1cc(OC(=O)C(C)C)c(O)cc21.O=C(Oc1cc2c(cc1O)c1cc(OC(=O)c3ccccc3)c(O)cc1c1cc(OC(=O)c3ccccc3)c(O)cc21)c1ccccc1.Oc1cc2c3cc(O)c(O)cc3c3cc(O)c(O)cc3c2cc1O. The molecule has 0 aliphatic rings. The second-order valence-corrected chi connectivity index (χ2v) is 26.8. The number of hydrogen-bond donors (Lipinski definition) is 12. The van der Waals surface area contributed by atoms with Crippen molar-refractivity contribution in [3.8, 4) is 103 Å². The number of esters is 6. The number of fused-ring (bicyclic) bond motifs is 18. The fourth-order valence-corrected chi connectivity index (χ4v) is 12.5. The predicted molar refractivity (Wildman–Crippen MR) is 412 cm³/mol. The van der Waals surface area contributed by atoms with Gasteiger partial charge in [-0.2, -0.15) is 0 Å². The number of carbonyl (C=O) groups excluding carboxylic acids is 6. The van der Waals surface area contributed by atoms with E-state index in [0.29, 0.717) is 97.0 Å². The highest BCUT2D eigenvalue weighted by molar-refractivity contribution is 6.30. The van der Waals surface area contributed by atoms with Crippen LogP contribution in [0.5, 0.6) is 103 Å². The summed E-state index contributed by atoms with van der Waals surface area (Å²) in [5.41, 5.74) is 0.801. The van der Waals surface area contributed by atoms with Crippen LogP contribution < -0.4 is 28.4 Å². The van der Waals surface area contributed by atoms with Gasteiger partial charge in [-0.15, -0.1) is 0 Å². The van der Waals surface area contributed by atoms with Gasteiger partial charge in [0, 0.05) is 0 Å². The van der Waals surface area contributed by atoms with Crippen LogP contribution in [0.25, 0.3) is 97.0 Å². The van der Waals surface area contributed by atoms with Crippen LogP contribution in [0.15, 0.2) is 200 Å². The maximum absolute atomic E-state index is 12.9. The quantitative estimate of drug-likeness (QED) is 0.0234. The van der Waals surface area contributed by atoms with E-state index in [-0.39, 0.29) is 120 Å². The third-order valence-corrected chi connectivity index (χ3v) is 18.2. The molecule has 15 aromatic rings. The van der Waals surface area contributed by atoms with E-state index < -0.39 is 53.6 Å². The number of hydrogen-bond acceptors (Lipinski definition) is 24. The molecule has 0 aliphatic heterocycles. The lowest BCUT2D eigenvalue weighted by molar-refractivity contribution is -0.138. The monoisotopic (exact) mass is 1490 g/mol. The smallest absolute Gasteiger partial charge is 0.343 e. The van der Waals surface area contributed by atoms with E-state index in [1.807, 2.05) is 0 Å². The van der Waals surface area contributed by atoms with E-state index in [1.54, 1.807) is 133 Å². The van der Waals surface area contributed by atoms with Gasteiger partial charge in [0.2, 0.25) is 0 Å². The van der Waals surface area contributed by atoms with Crippen molar-refractivity contribution in [1.29, 1.82) is 0 Å². The number of ether oxygens (including phenoxy) is 6. The maximum Gasteiger partial charge on any atom is 0.343 e. The Hall–Kier alpha value is -14.9. The molecule has 111 heavy (non-hydrogen) atoms. The molecule has 24 nitrogen and oxygen atoms in total. The van der Waals surface area contributed by atoms with Crippen molar-refractivity contribution in [3.63, 3.8) is 0 Å². The highest BCUT2D eigenvalue weighted by Crippen LogP contribution is 2.51. The van der Waals surface area contributed by atoms with Gasteiger partial charge >= 0.3 is 35.8 Å². The maximum atomic E-state index is 12.9. The van der Waals surface area contributed by atoms with Gasteiger partial charge in [0.25, 0.3) is 0 Å². The number of rotatable bonds is 12. The molecular formula is C87H66O24. The molecule has 24 heteroatoms. The fourth-order valence-electron chi connectivity index (χ4n) is 12.5. The van der Waals surface area contributed by atoms with E-state index in [0.717, 1.165) is 0 Å². The largest absolute Gasteiger partial charge is 0.504 e. The van der Waals surface area contributed by atoms with Crippen LogP contribution in [-0.4, -0.2) is 97.1 Å². The first-order valence-electron chi connectivity index (χ1n) is 34.3. The van der Waals surface area contributed by atoms with Gasteiger partial charge in [-0.25, -0.2) is 14.4 Å². The summed E-state index contributed by atoms with van der Waals surface area (Å²) in [6.45, 7) is 9.96. The van der Waals surface area contributed by atoms with Crippen LogP contribution in [0.1, 0.15) is 72.6 Å². The molecule has 0 atom stereocenters. The molecule has 0 spiro atoms. The average molecular weight is 1500 g/mol. The number of carbonyl (C=O) groups is 6. The van der Waals surface area contributed by atoms with Crippen LogP contribution in [-0.2, 0) is 14.4 Å². The number of phenols is 12. The Labute approximate surface area is 628 Å². The third kappa shape index (κ3) is 14.6. The molecule has 0 aliphatic carbocycles. The summed E-state index contributed by atoms with van der Waals surface area (Å²) in [6, 6.07) is 49.9. The van der Waals surface area contributed by atoms with Gasteiger partial charge in [0.1, 0.15) is 0 Å². The van der Waals surface area contributed by atoms with Crippen LogP contribution in [0, 0.1) is 17.8 Å². The Morgan fingerprint density at radius 3 is 0.486 bits per heavy atom. The van der Waals surface area contributed by atoms with Crippen molar-refractivity contribution in [2.75, 3.05) is 0 Å². The molecule has 0 saturated heterocycles. The minimum atomic E-state index is -0.701. The zero-order valence-corrected chi connectivity index (χ0v) is 59.6. The Balaban J connectivity index is 0.000000154. The van der Waals surface area contributed by atoms with E-state index in [2.05, 4.69) is 0 Å². The van der Waals surface area contributed by atoms with Gasteiger partial charge < -0.3 is 89.7 Å². The molecule has 0 radical (unpaired) electrons. The molecule has 0 aromatic heterocycles. The number of benzene rings is 15. The Bertz CT molecular complexity index is 5600. The topological polar surface area (TPSA) is 401 Å². The lowest BCUT2D eigenvalue weighted by atomic mass is 9.93. The minimum Gasteiger partial charge on any atom is -0.504 e. The van der Waals surface area contributed by atoms with E-state index in [4.69, 9.17) is 28.4 Å². The number of phenolic OH excluding ortho intramolecular Hbond substituents is 12. The highest BCUT2D eigenvalue weighted by Gasteiger charge is 2.26. The second kappa shape index (κ2) is 29.8. The van der Waals surface area contributed by atoms with Gasteiger partial charge in [-0.3, -0.25) is 14.4 Å². The van der Waals surface area contributed by atoms with E-state index in [1.165, 1.54) is 109 Å². The second-order valence-electron chi connectivity index (χ2n) is 26.8. The van der Waals surface area contributed by atoms with Gasteiger partial charge in [0.15, 0.2) is 103 Å². The molecule has 558 valence electrons. The van der Waals surface area contributed by atoms with Crippen molar-refractivity contribution in [3.05, 3.63) is 217 Å². The Morgan fingerprint density at radius 1 is 0.198 bits per heavy atom. The fraction of sp³-hybridized carbons (Fsp3) is 0.103. The summed E-state index contributed by atoms with van der Waals surface area (Å²) >= 11 is 0. The number of aromatic hydroxyl groups is 12. The van der Waals surface area contributed by atoms with Crippen molar-refractivity contribution < 1.29 is 118 Å². The summed E-state index contributed by atoms with van der Waals surface area (Å²) < 4.78 is 32.9. The third-order valence-electron chi connectivity index (χ3n) is 18.2. The molecule has 12 N–H and O–H groups in total. The summed E-state index contributed by atoms with van der Waals surface area (Å²) in [6.07, 6.45) is 0. The Kier molecular flexibility index (Phi) is 19.9. The molecule has 15 aromatic carbocycles. The normalized spacial score (nSPS) is 11.3. The molecular weight excluding hydrogens is 1430 g/mol. The first-order valence-corrected chi connectivity index (χ1v) is 34.3. The van der Waals surface area contributed by atoms with E-state index in [9.17, 15) is 90.0 Å². The molecule has 0 amide bonds. The minimum absolute atomic E-state index is 0.0816. The Morgan fingerprint density at radius 2 is 0.333 bits per heavy atom. The molecule has 0 unspecified atom stereocenters. The predicted octanol–water partition coefficient (Wildman–Crippen LogP) is 17.2. The van der Waals surface area contributed by atoms with Crippen LogP contribution in [0.4, 0.5) is 0 Å². The van der Waals surface area contributed by atoms with Crippen LogP contribution in [0.2, 0.25) is 0 Å². The molecule has 0 heterocycles. The summed E-state index contributed by atoms with van der Waals surface area (Å²) in [5.74, 6) is -9.79. The van der Waals surface area contributed by atoms with Crippen molar-refractivity contribution in [2.24, 2.45) is 17.8 Å². The molecule has 0 bridgehead atoms. The zero-order valence-electron chi connectivity index (χ0n) is 59.6. The zero-order chi connectivity index (χ0) is 79.3. The molecule has 15 rings (SSSR count). The first kappa shape index (κ1) is 74.3. The highest BCUT2D eigenvalue weighted by atomic mass is 16.6. The summed E-state index contributed by atoms with van der Waals surface area (Å²) in [7, 11) is 0.